The lowest BCUT2D eigenvalue weighted by Crippen LogP contribution is -2.33. The third kappa shape index (κ3) is 2.27. The molecule has 80 valence electrons. The number of aryl methyl sites for hydroxylation is 1. The maximum Gasteiger partial charge on any atom is 0.394 e. The lowest BCUT2D eigenvalue weighted by Gasteiger charge is -2.26. The number of hydrogen-bond donors (Lipinski definition) is 0. The number of halogens is 3. The van der Waals surface area contributed by atoms with Gasteiger partial charge in [0.15, 0.2) is 5.89 Å². The standard InChI is InChI=1S/C9H12F3NO/c1-6-13-5-7(14-6)4-8(2,3)9(10,11)12/h5H,4H2,1-3H3. The minimum absolute atomic E-state index is 0.183. The number of rotatable bonds is 2. The predicted molar refractivity (Wildman–Crippen MR) is 44.8 cm³/mol. The molecule has 0 N–H and O–H groups in total. The Morgan fingerprint density at radius 1 is 1.36 bits per heavy atom. The third-order valence-corrected chi connectivity index (χ3v) is 2.05. The first kappa shape index (κ1) is 11.1. The van der Waals surface area contributed by atoms with Crippen LogP contribution in [-0.2, 0) is 6.42 Å². The van der Waals surface area contributed by atoms with Crippen LogP contribution in [0.1, 0.15) is 25.5 Å². The van der Waals surface area contributed by atoms with Crippen molar-refractivity contribution in [3.8, 4) is 0 Å². The first-order valence-corrected chi connectivity index (χ1v) is 4.20. The molecule has 1 aromatic heterocycles. The van der Waals surface area contributed by atoms with Crippen molar-refractivity contribution in [3.05, 3.63) is 17.8 Å². The van der Waals surface area contributed by atoms with Gasteiger partial charge in [0.1, 0.15) is 5.76 Å². The summed E-state index contributed by atoms with van der Waals surface area (Å²) in [7, 11) is 0. The van der Waals surface area contributed by atoms with Gasteiger partial charge >= 0.3 is 6.18 Å². The minimum Gasteiger partial charge on any atom is -0.446 e. The summed E-state index contributed by atoms with van der Waals surface area (Å²) in [6.07, 6.45) is -3.08. The lowest BCUT2D eigenvalue weighted by molar-refractivity contribution is -0.212. The second-order valence-corrected chi connectivity index (χ2v) is 3.90. The van der Waals surface area contributed by atoms with Crippen molar-refractivity contribution in [1.82, 2.24) is 4.98 Å². The van der Waals surface area contributed by atoms with Crippen LogP contribution >= 0.6 is 0 Å². The Kier molecular flexibility index (Phi) is 2.61. The fourth-order valence-corrected chi connectivity index (χ4v) is 1.02. The maximum absolute atomic E-state index is 12.5. The SMILES string of the molecule is Cc1ncc(CC(C)(C)C(F)(F)F)o1. The molecule has 0 radical (unpaired) electrons. The Labute approximate surface area is 80.1 Å². The zero-order valence-corrected chi connectivity index (χ0v) is 8.27. The van der Waals surface area contributed by atoms with Gasteiger partial charge in [0.05, 0.1) is 11.6 Å². The van der Waals surface area contributed by atoms with Gasteiger partial charge in [0, 0.05) is 13.3 Å². The van der Waals surface area contributed by atoms with Crippen LogP contribution < -0.4 is 0 Å². The van der Waals surface area contributed by atoms with E-state index in [1.54, 1.807) is 6.92 Å². The molecular formula is C9H12F3NO. The zero-order valence-electron chi connectivity index (χ0n) is 8.27. The van der Waals surface area contributed by atoms with Gasteiger partial charge in [-0.1, -0.05) is 13.8 Å². The van der Waals surface area contributed by atoms with E-state index < -0.39 is 11.6 Å². The van der Waals surface area contributed by atoms with Crippen molar-refractivity contribution in [2.45, 2.75) is 33.4 Å². The number of nitrogens with zero attached hydrogens (tertiary/aromatic N) is 1. The van der Waals surface area contributed by atoms with Gasteiger partial charge in [0.2, 0.25) is 0 Å². The fourth-order valence-electron chi connectivity index (χ4n) is 1.02. The van der Waals surface area contributed by atoms with E-state index in [2.05, 4.69) is 4.98 Å². The highest BCUT2D eigenvalue weighted by Crippen LogP contribution is 2.40. The molecule has 0 atom stereocenters. The van der Waals surface area contributed by atoms with Crippen LogP contribution in [0.5, 0.6) is 0 Å². The van der Waals surface area contributed by atoms with E-state index in [1.165, 1.54) is 6.20 Å². The van der Waals surface area contributed by atoms with Crippen LogP contribution in [0.2, 0.25) is 0 Å². The van der Waals surface area contributed by atoms with Gasteiger partial charge in [-0.3, -0.25) is 0 Å². The summed E-state index contributed by atoms with van der Waals surface area (Å²) in [6, 6.07) is 0. The largest absolute Gasteiger partial charge is 0.446 e. The molecule has 0 aliphatic heterocycles. The topological polar surface area (TPSA) is 26.0 Å². The molecule has 0 aromatic carbocycles. The van der Waals surface area contributed by atoms with Crippen LogP contribution in [0.4, 0.5) is 13.2 Å². The van der Waals surface area contributed by atoms with Gasteiger partial charge in [0.25, 0.3) is 0 Å². The van der Waals surface area contributed by atoms with Crippen LogP contribution in [-0.4, -0.2) is 11.2 Å². The summed E-state index contributed by atoms with van der Waals surface area (Å²) in [5.74, 6) is 0.655. The third-order valence-electron chi connectivity index (χ3n) is 2.05. The van der Waals surface area contributed by atoms with Gasteiger partial charge in [-0.15, -0.1) is 0 Å². The first-order valence-electron chi connectivity index (χ1n) is 4.20. The molecule has 0 saturated carbocycles. The first-order chi connectivity index (χ1) is 6.22. The highest BCUT2D eigenvalue weighted by molar-refractivity contribution is 4.98. The fraction of sp³-hybridized carbons (Fsp3) is 0.667. The average Bonchev–Trinajstić information content (AvgIpc) is 2.31. The van der Waals surface area contributed by atoms with E-state index in [0.717, 1.165) is 13.8 Å². The van der Waals surface area contributed by atoms with Gasteiger partial charge < -0.3 is 4.42 Å². The van der Waals surface area contributed by atoms with Crippen LogP contribution in [0, 0.1) is 12.3 Å². The molecule has 0 bridgehead atoms. The smallest absolute Gasteiger partial charge is 0.394 e. The quantitative estimate of drug-likeness (QED) is 0.744. The molecule has 0 saturated heterocycles. The van der Waals surface area contributed by atoms with E-state index in [0.29, 0.717) is 5.89 Å². The molecular weight excluding hydrogens is 195 g/mol. The Balaban J connectivity index is 2.78. The van der Waals surface area contributed by atoms with Crippen LogP contribution in [0.25, 0.3) is 0 Å². The summed E-state index contributed by atoms with van der Waals surface area (Å²) in [4.78, 5) is 3.75. The molecule has 0 fully saturated rings. The van der Waals surface area contributed by atoms with Gasteiger partial charge in [-0.2, -0.15) is 13.2 Å². The Morgan fingerprint density at radius 3 is 2.29 bits per heavy atom. The van der Waals surface area contributed by atoms with Crippen LogP contribution in [0.3, 0.4) is 0 Å². The Bertz CT molecular complexity index is 314. The normalized spacial score (nSPS) is 13.3. The van der Waals surface area contributed by atoms with Crippen molar-refractivity contribution in [2.24, 2.45) is 5.41 Å². The predicted octanol–water partition coefficient (Wildman–Crippen LogP) is 3.11. The Hall–Kier alpha value is -1.00. The minimum atomic E-state index is -4.23. The summed E-state index contributed by atoms with van der Waals surface area (Å²) in [6.45, 7) is 3.89. The average molecular weight is 207 g/mol. The molecule has 1 rings (SSSR count). The maximum atomic E-state index is 12.5. The summed E-state index contributed by atoms with van der Waals surface area (Å²) >= 11 is 0. The molecule has 0 unspecified atom stereocenters. The van der Waals surface area contributed by atoms with E-state index in [4.69, 9.17) is 4.42 Å². The molecule has 1 heterocycles. The number of oxazole rings is 1. The monoisotopic (exact) mass is 207 g/mol. The van der Waals surface area contributed by atoms with Crippen molar-refractivity contribution >= 4 is 0 Å². The number of hydrogen-bond acceptors (Lipinski definition) is 2. The van der Waals surface area contributed by atoms with Crippen molar-refractivity contribution in [1.29, 1.82) is 0 Å². The lowest BCUT2D eigenvalue weighted by atomic mass is 9.88. The van der Waals surface area contributed by atoms with Crippen LogP contribution in [0.15, 0.2) is 10.6 Å². The zero-order chi connectivity index (χ0) is 11.0. The molecule has 5 heteroatoms. The molecule has 0 amide bonds. The van der Waals surface area contributed by atoms with E-state index >= 15 is 0 Å². The Morgan fingerprint density at radius 2 is 1.93 bits per heavy atom. The highest BCUT2D eigenvalue weighted by atomic mass is 19.4. The summed E-state index contributed by atoms with van der Waals surface area (Å²) in [5, 5.41) is 0. The van der Waals surface area contributed by atoms with E-state index in [1.807, 2.05) is 0 Å². The van der Waals surface area contributed by atoms with E-state index in [-0.39, 0.29) is 12.2 Å². The second-order valence-electron chi connectivity index (χ2n) is 3.90. The molecule has 0 aliphatic carbocycles. The van der Waals surface area contributed by atoms with E-state index in [9.17, 15) is 13.2 Å². The molecule has 1 aromatic rings. The number of aromatic nitrogens is 1. The van der Waals surface area contributed by atoms with Gasteiger partial charge in [-0.25, -0.2) is 4.98 Å². The van der Waals surface area contributed by atoms with Crippen molar-refractivity contribution < 1.29 is 17.6 Å². The summed E-state index contributed by atoms with van der Waals surface area (Å²) in [5.41, 5.74) is -1.78. The second kappa shape index (κ2) is 3.29. The molecule has 0 spiro atoms. The molecule has 0 aliphatic rings. The molecule has 14 heavy (non-hydrogen) atoms. The van der Waals surface area contributed by atoms with Crippen molar-refractivity contribution in [2.75, 3.05) is 0 Å². The molecule has 2 nitrogen and oxygen atoms in total. The highest BCUT2D eigenvalue weighted by Gasteiger charge is 2.47. The van der Waals surface area contributed by atoms with Gasteiger partial charge in [-0.05, 0) is 0 Å². The summed E-state index contributed by atoms with van der Waals surface area (Å²) < 4.78 is 42.4. The van der Waals surface area contributed by atoms with Crippen molar-refractivity contribution in [3.63, 3.8) is 0 Å². The number of alkyl halides is 3.